The van der Waals surface area contributed by atoms with Crippen LogP contribution in [-0.2, 0) is 4.74 Å². The van der Waals surface area contributed by atoms with Crippen LogP contribution in [0.15, 0.2) is 23.4 Å². The van der Waals surface area contributed by atoms with Gasteiger partial charge in [0.1, 0.15) is 0 Å². The first kappa shape index (κ1) is 14.6. The second kappa shape index (κ2) is 7.08. The number of nitrogens with two attached hydrogens (primary N) is 1. The Morgan fingerprint density at radius 2 is 2.28 bits per heavy atom. The molecule has 0 heterocycles. The van der Waals surface area contributed by atoms with Crippen molar-refractivity contribution in [2.75, 3.05) is 31.7 Å². The summed E-state index contributed by atoms with van der Waals surface area (Å²) in [6.07, 6.45) is 0. The zero-order chi connectivity index (χ0) is 13.5. The molecule has 0 saturated heterocycles. The van der Waals surface area contributed by atoms with Crippen LogP contribution in [0.3, 0.4) is 0 Å². The maximum atomic E-state index is 8.80. The molecule has 0 aliphatic carbocycles. The summed E-state index contributed by atoms with van der Waals surface area (Å²) >= 11 is 6.00. The Balaban J connectivity index is 3.13. The standard InChI is InChI=1S/C12H18ClN3O2/c1-3-16(6-7-18-2)11-8-9(13)4-5-10(11)12(14)15-17/h4-5,8,17H,3,6-7H2,1-2H3,(H2,14,15). The number of anilines is 1. The van der Waals surface area contributed by atoms with Crippen molar-refractivity contribution in [1.82, 2.24) is 0 Å². The number of rotatable bonds is 6. The van der Waals surface area contributed by atoms with Crippen molar-refractivity contribution in [3.63, 3.8) is 0 Å². The molecule has 18 heavy (non-hydrogen) atoms. The molecule has 0 unspecified atom stereocenters. The fourth-order valence-electron chi connectivity index (χ4n) is 1.69. The number of halogens is 1. The number of amidine groups is 1. The van der Waals surface area contributed by atoms with Crippen LogP contribution < -0.4 is 10.6 Å². The second-order valence-corrected chi connectivity index (χ2v) is 4.16. The van der Waals surface area contributed by atoms with Crippen molar-refractivity contribution < 1.29 is 9.94 Å². The lowest BCUT2D eigenvalue weighted by molar-refractivity contribution is 0.205. The maximum Gasteiger partial charge on any atom is 0.172 e. The molecule has 0 aliphatic rings. The Kier molecular flexibility index (Phi) is 5.74. The van der Waals surface area contributed by atoms with E-state index in [0.717, 1.165) is 12.2 Å². The SMILES string of the molecule is CCN(CCOC)c1cc(Cl)ccc1C(N)=NO. The number of oxime groups is 1. The molecule has 0 aliphatic heterocycles. The van der Waals surface area contributed by atoms with Gasteiger partial charge < -0.3 is 20.6 Å². The summed E-state index contributed by atoms with van der Waals surface area (Å²) in [6, 6.07) is 5.25. The van der Waals surface area contributed by atoms with Crippen molar-refractivity contribution >= 4 is 23.1 Å². The summed E-state index contributed by atoms with van der Waals surface area (Å²) in [5.41, 5.74) is 7.15. The van der Waals surface area contributed by atoms with Crippen LogP contribution >= 0.6 is 11.6 Å². The summed E-state index contributed by atoms with van der Waals surface area (Å²) < 4.78 is 5.07. The van der Waals surface area contributed by atoms with E-state index in [4.69, 9.17) is 27.3 Å². The van der Waals surface area contributed by atoms with Gasteiger partial charge in [-0.3, -0.25) is 0 Å². The van der Waals surface area contributed by atoms with E-state index in [-0.39, 0.29) is 5.84 Å². The van der Waals surface area contributed by atoms with Crippen LogP contribution in [0.1, 0.15) is 12.5 Å². The van der Waals surface area contributed by atoms with Gasteiger partial charge in [-0.2, -0.15) is 0 Å². The minimum atomic E-state index is 0.0672. The highest BCUT2D eigenvalue weighted by Crippen LogP contribution is 2.24. The van der Waals surface area contributed by atoms with E-state index in [1.165, 1.54) is 0 Å². The van der Waals surface area contributed by atoms with Crippen molar-refractivity contribution in [1.29, 1.82) is 0 Å². The number of likely N-dealkylation sites (N-methyl/N-ethyl adjacent to an activating group) is 1. The minimum Gasteiger partial charge on any atom is -0.409 e. The molecule has 1 aromatic carbocycles. The molecule has 0 aromatic heterocycles. The maximum absolute atomic E-state index is 8.80. The Morgan fingerprint density at radius 1 is 1.56 bits per heavy atom. The average molecular weight is 272 g/mol. The van der Waals surface area contributed by atoms with E-state index in [1.807, 2.05) is 6.92 Å². The lowest BCUT2D eigenvalue weighted by Gasteiger charge is -2.25. The highest BCUT2D eigenvalue weighted by Gasteiger charge is 2.13. The normalized spacial score (nSPS) is 11.6. The number of hydrogen-bond donors (Lipinski definition) is 2. The largest absolute Gasteiger partial charge is 0.409 e. The second-order valence-electron chi connectivity index (χ2n) is 3.72. The van der Waals surface area contributed by atoms with E-state index < -0.39 is 0 Å². The third kappa shape index (κ3) is 3.51. The zero-order valence-electron chi connectivity index (χ0n) is 10.6. The molecule has 0 atom stereocenters. The topological polar surface area (TPSA) is 71.1 Å². The van der Waals surface area contributed by atoms with Crippen molar-refractivity contribution in [2.45, 2.75) is 6.92 Å². The van der Waals surface area contributed by atoms with Crippen molar-refractivity contribution in [2.24, 2.45) is 10.9 Å². The zero-order valence-corrected chi connectivity index (χ0v) is 11.3. The fraction of sp³-hybridized carbons (Fsp3) is 0.417. The van der Waals surface area contributed by atoms with E-state index in [9.17, 15) is 0 Å². The van der Waals surface area contributed by atoms with E-state index in [2.05, 4.69) is 10.1 Å². The van der Waals surface area contributed by atoms with Crippen molar-refractivity contribution in [3.05, 3.63) is 28.8 Å². The third-order valence-electron chi connectivity index (χ3n) is 2.63. The molecule has 0 bridgehead atoms. The molecular formula is C12H18ClN3O2. The van der Waals surface area contributed by atoms with E-state index >= 15 is 0 Å². The number of ether oxygens (including phenoxy) is 1. The van der Waals surface area contributed by atoms with E-state index in [1.54, 1.807) is 25.3 Å². The van der Waals surface area contributed by atoms with Crippen LogP contribution in [0.25, 0.3) is 0 Å². The molecule has 1 aromatic rings. The molecule has 0 amide bonds. The number of nitrogens with zero attached hydrogens (tertiary/aromatic N) is 2. The smallest absolute Gasteiger partial charge is 0.172 e. The Labute approximate surface area is 112 Å². The summed E-state index contributed by atoms with van der Waals surface area (Å²) in [7, 11) is 1.65. The molecule has 3 N–H and O–H groups in total. The van der Waals surface area contributed by atoms with Gasteiger partial charge in [0.25, 0.3) is 0 Å². The van der Waals surface area contributed by atoms with Crippen molar-refractivity contribution in [3.8, 4) is 0 Å². The number of benzene rings is 1. The first-order valence-electron chi connectivity index (χ1n) is 5.65. The number of methoxy groups -OCH3 is 1. The highest BCUT2D eigenvalue weighted by molar-refractivity contribution is 6.31. The van der Waals surface area contributed by atoms with Gasteiger partial charge in [-0.05, 0) is 25.1 Å². The first-order valence-corrected chi connectivity index (χ1v) is 6.03. The highest BCUT2D eigenvalue weighted by atomic mass is 35.5. The summed E-state index contributed by atoms with van der Waals surface area (Å²) in [5.74, 6) is 0.0672. The van der Waals surface area contributed by atoms with Gasteiger partial charge in [-0.25, -0.2) is 0 Å². The van der Waals surface area contributed by atoms with Gasteiger partial charge in [-0.1, -0.05) is 16.8 Å². The average Bonchev–Trinajstić information content (AvgIpc) is 2.39. The van der Waals surface area contributed by atoms with Crippen LogP contribution in [0.4, 0.5) is 5.69 Å². The quantitative estimate of drug-likeness (QED) is 0.359. The van der Waals surface area contributed by atoms with Crippen LogP contribution in [0.2, 0.25) is 5.02 Å². The molecule has 100 valence electrons. The summed E-state index contributed by atoms with van der Waals surface area (Å²) in [5, 5.41) is 12.4. The van der Waals surface area contributed by atoms with Gasteiger partial charge >= 0.3 is 0 Å². The predicted molar refractivity (Wildman–Crippen MR) is 73.7 cm³/mol. The van der Waals surface area contributed by atoms with E-state index in [0.29, 0.717) is 23.7 Å². The van der Waals surface area contributed by atoms with Gasteiger partial charge in [0.15, 0.2) is 5.84 Å². The Morgan fingerprint density at radius 3 is 2.83 bits per heavy atom. The third-order valence-corrected chi connectivity index (χ3v) is 2.87. The first-order chi connectivity index (χ1) is 8.63. The van der Waals surface area contributed by atoms with Gasteiger partial charge in [0.05, 0.1) is 6.61 Å². The lowest BCUT2D eigenvalue weighted by atomic mass is 10.1. The van der Waals surface area contributed by atoms with Gasteiger partial charge in [0, 0.05) is 36.5 Å². The Bertz CT molecular complexity index is 424. The number of hydrogen-bond acceptors (Lipinski definition) is 4. The molecule has 0 fully saturated rings. The molecule has 0 saturated carbocycles. The lowest BCUT2D eigenvalue weighted by Crippen LogP contribution is -2.29. The minimum absolute atomic E-state index is 0.0672. The molecule has 1 rings (SSSR count). The fourth-order valence-corrected chi connectivity index (χ4v) is 1.85. The molecule has 0 radical (unpaired) electrons. The van der Waals surface area contributed by atoms with Gasteiger partial charge in [0.2, 0.25) is 0 Å². The molecule has 0 spiro atoms. The van der Waals surface area contributed by atoms with Gasteiger partial charge in [-0.15, -0.1) is 0 Å². The molecule has 6 heteroatoms. The summed E-state index contributed by atoms with van der Waals surface area (Å²) in [6.45, 7) is 4.09. The van der Waals surface area contributed by atoms with Crippen LogP contribution in [0.5, 0.6) is 0 Å². The molecular weight excluding hydrogens is 254 g/mol. The molecule has 5 nitrogen and oxygen atoms in total. The Hall–Kier alpha value is -1.46. The van der Waals surface area contributed by atoms with Crippen LogP contribution in [0, 0.1) is 0 Å². The van der Waals surface area contributed by atoms with Crippen LogP contribution in [-0.4, -0.2) is 37.8 Å². The summed E-state index contributed by atoms with van der Waals surface area (Å²) in [4.78, 5) is 2.06. The monoisotopic (exact) mass is 271 g/mol. The predicted octanol–water partition coefficient (Wildman–Crippen LogP) is 1.91.